The number of hydrogen-bond donors (Lipinski definition) is 2. The maximum Gasteiger partial charge on any atom is 0.0771 e. The molecule has 1 aromatic carbocycles. The van der Waals surface area contributed by atoms with E-state index in [0.717, 1.165) is 69.2 Å². The zero-order chi connectivity index (χ0) is 36.3. The van der Waals surface area contributed by atoms with E-state index in [2.05, 4.69) is 103 Å². The van der Waals surface area contributed by atoms with Crippen LogP contribution in [0.1, 0.15) is 177 Å². The molecule has 4 heteroatoms. The molecule has 0 spiro atoms. The van der Waals surface area contributed by atoms with Crippen LogP contribution < -0.4 is 0 Å². The normalized spacial score (nSPS) is 14.1. The van der Waals surface area contributed by atoms with Gasteiger partial charge in [0, 0.05) is 32.9 Å². The van der Waals surface area contributed by atoms with E-state index in [-0.39, 0.29) is 5.41 Å². The molecule has 6 rings (SSSR count). The quantitative estimate of drug-likeness (QED) is 0.122. The zero-order valence-electron chi connectivity index (χ0n) is 33.4. The second-order valence-electron chi connectivity index (χ2n) is 15.0. The van der Waals surface area contributed by atoms with Crippen LogP contribution >= 0.6 is 0 Å². The van der Waals surface area contributed by atoms with Crippen molar-refractivity contribution in [3.05, 3.63) is 80.8 Å². The maximum atomic E-state index is 5.76. The van der Waals surface area contributed by atoms with Crippen LogP contribution in [0.4, 0.5) is 0 Å². The molecular formula is C47H64N4. The first-order chi connectivity index (χ1) is 24.9. The number of hydrogen-bond acceptors (Lipinski definition) is 2. The number of aromatic amines is 2. The summed E-state index contributed by atoms with van der Waals surface area (Å²) in [6.07, 6.45) is 16.9. The molecule has 2 N–H and O–H groups in total. The number of rotatable bonds is 15. The molecule has 2 aliphatic heterocycles. The van der Waals surface area contributed by atoms with Crippen molar-refractivity contribution in [1.82, 2.24) is 19.9 Å². The standard InChI is InChI=1S/C47H64N4/c1-10-19-20-21-22-23-24-30-25-26-37-45-36(16-7)35(15-6)41(50-45)28-40-32(12-3)31(11-2)38(48-40)27-39-33(13-4)34(14-5)42(49-39)29-43-47(17-8,18-9)44(30)46(37)51-43/h25-29,48-49H,10-24H2,1-9H3. The van der Waals surface area contributed by atoms with Crippen LogP contribution in [0.25, 0.3) is 44.1 Å². The van der Waals surface area contributed by atoms with Gasteiger partial charge in [0.2, 0.25) is 0 Å². The van der Waals surface area contributed by atoms with Crippen LogP contribution in [-0.4, -0.2) is 19.9 Å². The molecule has 8 bridgehead atoms. The Morgan fingerprint density at radius 3 is 1.65 bits per heavy atom. The van der Waals surface area contributed by atoms with Crippen LogP contribution in [0.3, 0.4) is 0 Å². The molecule has 51 heavy (non-hydrogen) atoms. The highest BCUT2D eigenvalue weighted by Gasteiger charge is 2.40. The molecule has 4 nitrogen and oxygen atoms in total. The molecule has 5 heterocycles. The van der Waals surface area contributed by atoms with Gasteiger partial charge in [-0.2, -0.15) is 0 Å². The van der Waals surface area contributed by atoms with Gasteiger partial charge in [0.15, 0.2) is 0 Å². The summed E-state index contributed by atoms with van der Waals surface area (Å²) in [6, 6.07) is 12.0. The van der Waals surface area contributed by atoms with Crippen LogP contribution in [0.5, 0.6) is 0 Å². The van der Waals surface area contributed by atoms with Gasteiger partial charge in [-0.1, -0.05) is 107 Å². The summed E-state index contributed by atoms with van der Waals surface area (Å²) in [5, 5.41) is 1.22. The lowest BCUT2D eigenvalue weighted by Gasteiger charge is -2.30. The molecule has 272 valence electrons. The first kappa shape index (κ1) is 37.1. The highest BCUT2D eigenvalue weighted by molar-refractivity contribution is 6.02. The summed E-state index contributed by atoms with van der Waals surface area (Å²) in [4.78, 5) is 19.2. The van der Waals surface area contributed by atoms with Crippen molar-refractivity contribution in [3.8, 4) is 0 Å². The third-order valence-corrected chi connectivity index (χ3v) is 12.5. The number of nitrogens with zero attached hydrogens (tertiary/aromatic N) is 2. The predicted molar refractivity (Wildman–Crippen MR) is 222 cm³/mol. The molecule has 0 amide bonds. The van der Waals surface area contributed by atoms with Crippen molar-refractivity contribution in [2.24, 2.45) is 0 Å². The van der Waals surface area contributed by atoms with E-state index >= 15 is 0 Å². The molecule has 0 aliphatic carbocycles. The van der Waals surface area contributed by atoms with Crippen molar-refractivity contribution in [2.75, 3.05) is 0 Å². The Labute approximate surface area is 308 Å². The molecule has 0 fully saturated rings. The minimum Gasteiger partial charge on any atom is -0.355 e. The van der Waals surface area contributed by atoms with Crippen molar-refractivity contribution >= 4 is 44.1 Å². The Balaban J connectivity index is 1.77. The molecule has 2 aliphatic rings. The Morgan fingerprint density at radius 1 is 0.549 bits per heavy atom. The van der Waals surface area contributed by atoms with Crippen molar-refractivity contribution < 1.29 is 0 Å². The number of unbranched alkanes of at least 4 members (excludes halogenated alkanes) is 5. The van der Waals surface area contributed by atoms with E-state index in [4.69, 9.17) is 9.97 Å². The summed E-state index contributed by atoms with van der Waals surface area (Å²) in [6.45, 7) is 20.9. The lowest BCUT2D eigenvalue weighted by Crippen LogP contribution is -2.25. The molecule has 0 saturated heterocycles. The van der Waals surface area contributed by atoms with E-state index in [1.54, 1.807) is 0 Å². The van der Waals surface area contributed by atoms with Crippen LogP contribution in [-0.2, 0) is 37.5 Å². The maximum absolute atomic E-state index is 5.76. The van der Waals surface area contributed by atoms with Gasteiger partial charge in [-0.25, -0.2) is 4.98 Å². The fraction of sp³-hybridized carbons (Fsp3) is 0.532. The van der Waals surface area contributed by atoms with Gasteiger partial charge >= 0.3 is 0 Å². The van der Waals surface area contributed by atoms with Crippen molar-refractivity contribution in [3.63, 3.8) is 0 Å². The molecule has 0 unspecified atom stereocenters. The number of allylic oxidation sites excluding steroid dienone is 2. The first-order valence-electron chi connectivity index (χ1n) is 20.8. The van der Waals surface area contributed by atoms with Crippen LogP contribution in [0, 0.1) is 0 Å². The van der Waals surface area contributed by atoms with E-state index < -0.39 is 0 Å². The Hall–Kier alpha value is -3.66. The Morgan fingerprint density at radius 2 is 1.10 bits per heavy atom. The molecule has 0 saturated carbocycles. The number of fused-ring (bicyclic) bond motifs is 8. The summed E-state index contributed by atoms with van der Waals surface area (Å²) < 4.78 is 0. The number of H-pyrrole nitrogens is 2. The molecule has 0 radical (unpaired) electrons. The fourth-order valence-electron chi connectivity index (χ4n) is 9.71. The molecule has 3 aromatic heterocycles. The SMILES string of the molecule is CCCCCCCCc1ccc2c3nc(cc4[nH]c(cc5[nH]c(cc6nc2c1C6(CC)CC)c(CC)c5CC)c(CC)c4CC)C(CC)=C3CC. The third kappa shape index (κ3) is 6.40. The Kier molecular flexibility index (Phi) is 11.6. The van der Waals surface area contributed by atoms with Gasteiger partial charge in [0.1, 0.15) is 0 Å². The van der Waals surface area contributed by atoms with Crippen molar-refractivity contribution in [1.29, 1.82) is 0 Å². The zero-order valence-corrected chi connectivity index (χ0v) is 33.4. The summed E-state index contributed by atoms with van der Waals surface area (Å²) >= 11 is 0. The van der Waals surface area contributed by atoms with Crippen LogP contribution in [0.15, 0.2) is 30.3 Å². The lowest BCUT2D eigenvalue weighted by atomic mass is 9.71. The minimum absolute atomic E-state index is 0.135. The third-order valence-electron chi connectivity index (χ3n) is 12.5. The number of aryl methyl sites for hydroxylation is 5. The van der Waals surface area contributed by atoms with Gasteiger partial charge in [-0.3, -0.25) is 4.98 Å². The van der Waals surface area contributed by atoms with Crippen LogP contribution in [0.2, 0.25) is 0 Å². The number of aromatic nitrogens is 4. The van der Waals surface area contributed by atoms with E-state index in [1.165, 1.54) is 122 Å². The first-order valence-corrected chi connectivity index (χ1v) is 20.8. The minimum atomic E-state index is -0.135. The van der Waals surface area contributed by atoms with E-state index in [9.17, 15) is 0 Å². The van der Waals surface area contributed by atoms with E-state index in [1.807, 2.05) is 0 Å². The Bertz CT molecular complexity index is 2080. The average Bonchev–Trinajstić information content (AvgIpc) is 3.87. The fourth-order valence-corrected chi connectivity index (χ4v) is 9.71. The molecule has 4 aromatic rings. The summed E-state index contributed by atoms with van der Waals surface area (Å²) in [5.74, 6) is 0. The van der Waals surface area contributed by atoms with Gasteiger partial charge in [-0.15, -0.1) is 0 Å². The highest BCUT2D eigenvalue weighted by atomic mass is 14.8. The number of benzene rings is 1. The summed E-state index contributed by atoms with van der Waals surface area (Å²) in [7, 11) is 0. The molecule has 0 atom stereocenters. The predicted octanol–water partition coefficient (Wildman–Crippen LogP) is 13.5. The van der Waals surface area contributed by atoms with Crippen molar-refractivity contribution in [2.45, 2.75) is 164 Å². The second-order valence-corrected chi connectivity index (χ2v) is 15.0. The lowest BCUT2D eigenvalue weighted by molar-refractivity contribution is 0.477. The molecular weight excluding hydrogens is 621 g/mol. The highest BCUT2D eigenvalue weighted by Crippen LogP contribution is 2.48. The largest absolute Gasteiger partial charge is 0.355 e. The number of nitrogens with one attached hydrogen (secondary N) is 2. The smallest absolute Gasteiger partial charge is 0.0771 e. The van der Waals surface area contributed by atoms with Gasteiger partial charge in [0.05, 0.1) is 22.6 Å². The summed E-state index contributed by atoms with van der Waals surface area (Å²) in [5.41, 5.74) is 20.8. The average molecular weight is 685 g/mol. The van der Waals surface area contributed by atoms with Gasteiger partial charge < -0.3 is 9.97 Å². The van der Waals surface area contributed by atoms with E-state index in [0.29, 0.717) is 0 Å². The van der Waals surface area contributed by atoms with Gasteiger partial charge in [0.25, 0.3) is 0 Å². The second kappa shape index (κ2) is 15.9. The topological polar surface area (TPSA) is 57.4 Å². The monoisotopic (exact) mass is 685 g/mol. The van der Waals surface area contributed by atoms with Gasteiger partial charge in [-0.05, 0) is 127 Å².